The van der Waals surface area contributed by atoms with E-state index < -0.39 is 46.8 Å². The molecule has 1 amide bonds. The van der Waals surface area contributed by atoms with Crippen LogP contribution in [-0.4, -0.2) is 49.2 Å². The maximum atomic E-state index is 14.4. The first kappa shape index (κ1) is 28.7. The van der Waals surface area contributed by atoms with E-state index in [1.165, 1.54) is 17.3 Å². The smallest absolute Gasteiger partial charge is 0.433 e. The van der Waals surface area contributed by atoms with E-state index in [0.29, 0.717) is 35.0 Å². The van der Waals surface area contributed by atoms with Gasteiger partial charge >= 0.3 is 12.1 Å². The van der Waals surface area contributed by atoms with Crippen molar-refractivity contribution in [3.05, 3.63) is 45.5 Å². The molecule has 38 heavy (non-hydrogen) atoms. The molecule has 2 aromatic heterocycles. The first-order chi connectivity index (χ1) is 17.7. The van der Waals surface area contributed by atoms with Crippen molar-refractivity contribution >= 4 is 35.1 Å². The van der Waals surface area contributed by atoms with Gasteiger partial charge in [-0.2, -0.15) is 18.3 Å². The van der Waals surface area contributed by atoms with Crippen molar-refractivity contribution < 1.29 is 27.9 Å². The first-order valence-corrected chi connectivity index (χ1v) is 13.5. The predicted molar refractivity (Wildman–Crippen MR) is 136 cm³/mol. The number of rotatable bonds is 6. The predicted octanol–water partition coefficient (Wildman–Crippen LogP) is 6.54. The molecule has 12 heteroatoms. The summed E-state index contributed by atoms with van der Waals surface area (Å²) in [5.74, 6) is -1.38. The average Bonchev–Trinajstić information content (AvgIpc) is 3.47. The van der Waals surface area contributed by atoms with Crippen molar-refractivity contribution in [3.63, 3.8) is 0 Å². The molecule has 7 nitrogen and oxygen atoms in total. The van der Waals surface area contributed by atoms with Gasteiger partial charge in [0.25, 0.3) is 5.91 Å². The molecule has 0 radical (unpaired) electrons. The average molecular weight is 575 g/mol. The van der Waals surface area contributed by atoms with Crippen LogP contribution in [0, 0.1) is 17.3 Å². The summed E-state index contributed by atoms with van der Waals surface area (Å²) in [6.07, 6.45) is 0.886. The van der Waals surface area contributed by atoms with Gasteiger partial charge in [0, 0.05) is 25.0 Å². The van der Waals surface area contributed by atoms with Crippen LogP contribution in [0.4, 0.5) is 13.2 Å². The Hall–Kier alpha value is -2.33. The van der Waals surface area contributed by atoms with Gasteiger partial charge in [-0.15, -0.1) is 0 Å². The summed E-state index contributed by atoms with van der Waals surface area (Å²) in [5.41, 5.74) is -1.96. The van der Waals surface area contributed by atoms with Crippen LogP contribution in [-0.2, 0) is 17.4 Å². The van der Waals surface area contributed by atoms with Crippen LogP contribution in [0.2, 0.25) is 10.0 Å². The molecular formula is C26H31Cl2F3N4O3. The zero-order chi connectivity index (χ0) is 28.0. The summed E-state index contributed by atoms with van der Waals surface area (Å²) >= 11 is 12.6. The molecule has 2 atom stereocenters. The number of halogens is 5. The lowest BCUT2D eigenvalue weighted by atomic mass is 9.74. The van der Waals surface area contributed by atoms with Gasteiger partial charge in [0.2, 0.25) is 0 Å². The maximum absolute atomic E-state index is 14.4. The molecule has 0 unspecified atom stereocenters. The second kappa shape index (κ2) is 10.7. The highest BCUT2D eigenvalue weighted by Gasteiger charge is 2.46. The molecule has 0 spiro atoms. The Labute approximate surface area is 229 Å². The van der Waals surface area contributed by atoms with Crippen molar-refractivity contribution in [1.82, 2.24) is 19.7 Å². The number of alkyl halides is 3. The number of likely N-dealkylation sites (tertiary alicyclic amines) is 1. The maximum Gasteiger partial charge on any atom is 0.433 e. The van der Waals surface area contributed by atoms with Crippen LogP contribution in [0.5, 0.6) is 0 Å². The zero-order valence-electron chi connectivity index (χ0n) is 21.4. The second-order valence-electron chi connectivity index (χ2n) is 11.1. The highest BCUT2D eigenvalue weighted by Crippen LogP contribution is 2.44. The van der Waals surface area contributed by atoms with Crippen molar-refractivity contribution in [2.45, 2.75) is 77.6 Å². The van der Waals surface area contributed by atoms with E-state index in [1.807, 2.05) is 13.8 Å². The lowest BCUT2D eigenvalue weighted by Crippen LogP contribution is -2.38. The highest BCUT2D eigenvalue weighted by atomic mass is 35.5. The van der Waals surface area contributed by atoms with Crippen LogP contribution in [0.1, 0.15) is 80.5 Å². The van der Waals surface area contributed by atoms with E-state index >= 15 is 0 Å². The number of carboxylic acid groups (broad SMARTS) is 1. The number of aliphatic carboxylic acids is 1. The minimum absolute atomic E-state index is 0.0970. The Bertz CT molecular complexity index is 1190. The Balaban J connectivity index is 1.66. The van der Waals surface area contributed by atoms with E-state index in [-0.39, 0.29) is 37.5 Å². The van der Waals surface area contributed by atoms with Gasteiger partial charge in [0.15, 0.2) is 5.69 Å². The molecule has 2 aromatic rings. The molecule has 1 aliphatic heterocycles. The molecule has 0 aromatic carbocycles. The van der Waals surface area contributed by atoms with E-state index in [1.54, 1.807) is 6.92 Å². The number of carboxylic acids is 1. The molecule has 1 saturated heterocycles. The van der Waals surface area contributed by atoms with Gasteiger partial charge in [-0.05, 0) is 62.8 Å². The summed E-state index contributed by atoms with van der Waals surface area (Å²) in [7, 11) is 0. The van der Waals surface area contributed by atoms with Gasteiger partial charge in [-0.1, -0.05) is 37.0 Å². The number of amides is 1. The summed E-state index contributed by atoms with van der Waals surface area (Å²) in [5, 5.41) is 14.2. The molecule has 1 aliphatic carbocycles. The SMILES string of the molecule is CC(C)[C@H]1C[C@H](Cc2c(Cl)cncc2Cl)N(C(=O)c2cnn(C3CCC(C)(C(=O)O)CC3)c2C(F)(F)F)C1. The van der Waals surface area contributed by atoms with E-state index in [2.05, 4.69) is 10.1 Å². The summed E-state index contributed by atoms with van der Waals surface area (Å²) in [6, 6.07) is -1.05. The number of nitrogens with zero attached hydrogens (tertiary/aromatic N) is 4. The van der Waals surface area contributed by atoms with Gasteiger partial charge in [0.05, 0.1) is 33.3 Å². The third kappa shape index (κ3) is 5.52. The van der Waals surface area contributed by atoms with E-state index in [4.69, 9.17) is 23.2 Å². The zero-order valence-corrected chi connectivity index (χ0v) is 22.9. The Morgan fingerprint density at radius 2 is 1.76 bits per heavy atom. The topological polar surface area (TPSA) is 88.3 Å². The first-order valence-electron chi connectivity index (χ1n) is 12.7. The number of pyridine rings is 1. The van der Waals surface area contributed by atoms with E-state index in [0.717, 1.165) is 10.9 Å². The minimum atomic E-state index is -4.82. The van der Waals surface area contributed by atoms with Gasteiger partial charge in [0.1, 0.15) is 0 Å². The fourth-order valence-electron chi connectivity index (χ4n) is 5.68. The molecule has 208 valence electrons. The number of carbonyl (C=O) groups excluding carboxylic acids is 1. The fourth-order valence-corrected chi connectivity index (χ4v) is 6.20. The molecular weight excluding hydrogens is 544 g/mol. The Kier molecular flexibility index (Phi) is 8.06. The van der Waals surface area contributed by atoms with Gasteiger partial charge < -0.3 is 10.0 Å². The molecule has 2 aliphatic rings. The molecule has 2 fully saturated rings. The van der Waals surface area contributed by atoms with Gasteiger partial charge in [-0.25, -0.2) is 0 Å². The fraction of sp³-hybridized carbons (Fsp3) is 0.615. The summed E-state index contributed by atoms with van der Waals surface area (Å²) in [6.45, 7) is 5.96. The normalized spacial score (nSPS) is 26.2. The van der Waals surface area contributed by atoms with Crippen molar-refractivity contribution in [1.29, 1.82) is 0 Å². The van der Waals surface area contributed by atoms with E-state index in [9.17, 15) is 27.9 Å². The van der Waals surface area contributed by atoms with Crippen molar-refractivity contribution in [2.75, 3.05) is 6.54 Å². The quantitative estimate of drug-likeness (QED) is 0.423. The van der Waals surface area contributed by atoms with Crippen LogP contribution in [0.25, 0.3) is 0 Å². The Morgan fingerprint density at radius 1 is 1.16 bits per heavy atom. The van der Waals surface area contributed by atoms with Crippen molar-refractivity contribution in [3.8, 4) is 0 Å². The summed E-state index contributed by atoms with van der Waals surface area (Å²) in [4.78, 5) is 30.8. The monoisotopic (exact) mass is 574 g/mol. The Morgan fingerprint density at radius 3 is 2.29 bits per heavy atom. The lowest BCUT2D eigenvalue weighted by Gasteiger charge is -2.34. The molecule has 1 N–H and O–H groups in total. The summed E-state index contributed by atoms with van der Waals surface area (Å²) < 4.78 is 44.1. The van der Waals surface area contributed by atoms with Crippen LogP contribution >= 0.6 is 23.2 Å². The third-order valence-electron chi connectivity index (χ3n) is 8.26. The molecule has 3 heterocycles. The van der Waals surface area contributed by atoms with Crippen LogP contribution in [0.15, 0.2) is 18.6 Å². The standard InChI is InChI=1S/C26H31Cl2F3N4O3/c1-14(2)15-8-17(9-18-20(27)11-32-12-21(18)28)34(13-15)23(36)19-10-33-35(22(19)26(29,30)31)16-4-6-25(3,7-5-16)24(37)38/h10-12,14-17H,4-9,13H2,1-3H3,(H,37,38)/t15-,16?,17+,25?/m0/s1. The van der Waals surface area contributed by atoms with Gasteiger partial charge in [-0.3, -0.25) is 19.3 Å². The van der Waals surface area contributed by atoms with Crippen LogP contribution in [0.3, 0.4) is 0 Å². The van der Waals surface area contributed by atoms with Crippen molar-refractivity contribution in [2.24, 2.45) is 17.3 Å². The number of hydrogen-bond donors (Lipinski definition) is 1. The molecule has 4 rings (SSSR count). The largest absolute Gasteiger partial charge is 0.481 e. The lowest BCUT2D eigenvalue weighted by molar-refractivity contribution is -0.152. The number of hydrogen-bond acceptors (Lipinski definition) is 4. The highest BCUT2D eigenvalue weighted by molar-refractivity contribution is 6.35. The number of aromatic nitrogens is 3. The minimum Gasteiger partial charge on any atom is -0.481 e. The third-order valence-corrected chi connectivity index (χ3v) is 8.91. The van der Waals surface area contributed by atoms with Crippen LogP contribution < -0.4 is 0 Å². The molecule has 0 bridgehead atoms. The molecule has 1 saturated carbocycles. The number of carbonyl (C=O) groups is 2. The second-order valence-corrected chi connectivity index (χ2v) is 11.9.